The van der Waals surface area contributed by atoms with Gasteiger partial charge in [0.05, 0.1) is 12.6 Å². The maximum atomic E-state index is 15.2. The van der Waals surface area contributed by atoms with Crippen LogP contribution in [0.15, 0.2) is 0 Å². The average Bonchev–Trinajstić information content (AvgIpc) is 1.66. The molecular weight excluding hydrogens is 1910 g/mol. The van der Waals surface area contributed by atoms with Crippen molar-refractivity contribution >= 4 is 142 Å². The normalized spacial score (nSPS) is 18.8. The van der Waals surface area contributed by atoms with Crippen LogP contribution in [0.2, 0.25) is 0 Å². The largest absolute Gasteiger partial charge is 0.480 e. The summed E-state index contributed by atoms with van der Waals surface area (Å²) in [5.41, 5.74) is 50.4. The number of guanidine groups is 8. The highest BCUT2D eigenvalue weighted by atomic mass is 16.4. The number of hydrogen-bond acceptors (Lipinski definition) is 26. The van der Waals surface area contributed by atoms with Crippen LogP contribution in [0, 0.1) is 55.1 Å². The van der Waals surface area contributed by atoms with Crippen molar-refractivity contribution in [1.82, 2.24) is 120 Å². The first-order valence-electron chi connectivity index (χ1n) is 50.0. The van der Waals surface area contributed by atoms with E-state index in [1.54, 1.807) is 27.7 Å². The van der Waals surface area contributed by atoms with E-state index in [1.165, 1.54) is 24.5 Å². The molecule has 5 aliphatic heterocycles. The first-order chi connectivity index (χ1) is 69.2. The zero-order chi connectivity index (χ0) is 109. The average molecular weight is 2070 g/mol. The Labute approximate surface area is 848 Å². The first kappa shape index (κ1) is 122. The van der Waals surface area contributed by atoms with Crippen LogP contribution in [0.25, 0.3) is 0 Å². The fraction of sp³-hybridized carbons (Fsp3) is 0.727. The number of nitrogens with two attached hydrogens (primary N) is 9. The van der Waals surface area contributed by atoms with Gasteiger partial charge in [-0.05, 0) is 185 Å². The van der Waals surface area contributed by atoms with Gasteiger partial charge in [-0.1, -0.05) is 34.1 Å². The molecule has 0 spiro atoms. The van der Waals surface area contributed by atoms with Gasteiger partial charge in [0, 0.05) is 85.1 Å². The molecule has 0 aromatic rings. The summed E-state index contributed by atoms with van der Waals surface area (Å²) >= 11 is 0. The van der Waals surface area contributed by atoms with Crippen molar-refractivity contribution in [2.45, 2.75) is 304 Å². The van der Waals surface area contributed by atoms with Gasteiger partial charge in [-0.3, -0.25) is 115 Å². The smallest absolute Gasteiger partial charge is 0.326 e. The van der Waals surface area contributed by atoms with Crippen molar-refractivity contribution < 1.29 is 86.9 Å². The number of aliphatic carboxylic acids is 1. The fourth-order valence-corrected chi connectivity index (χ4v) is 18.0. The van der Waals surface area contributed by atoms with Gasteiger partial charge in [0.15, 0.2) is 47.7 Å². The predicted molar refractivity (Wildman–Crippen MR) is 538 cm³/mol. The molecule has 5 fully saturated rings. The second-order valence-corrected chi connectivity index (χ2v) is 37.5. The van der Waals surface area contributed by atoms with E-state index in [9.17, 15) is 67.7 Å². The zero-order valence-electron chi connectivity index (χ0n) is 83.9. The number of aliphatic hydroxyl groups is 1. The summed E-state index contributed by atoms with van der Waals surface area (Å²) in [6.07, 6.45) is 2.69. The molecular formula is C88H160N40O18. The van der Waals surface area contributed by atoms with Gasteiger partial charge >= 0.3 is 5.97 Å². The number of carboxylic acid groups (broad SMARTS) is 1. The van der Waals surface area contributed by atoms with E-state index in [-0.39, 0.29) is 281 Å². The highest BCUT2D eigenvalue weighted by Gasteiger charge is 2.48. The Balaban J connectivity index is 1.36. The molecule has 0 aliphatic carbocycles. The van der Waals surface area contributed by atoms with Crippen molar-refractivity contribution in [3.63, 3.8) is 0 Å². The lowest BCUT2D eigenvalue weighted by atomic mass is 9.96. The van der Waals surface area contributed by atoms with Gasteiger partial charge in [-0.25, -0.2) is 4.79 Å². The molecule has 5 rings (SSSR count). The number of nitrogens with zero attached hydrogens (tertiary/aromatic N) is 5. The Hall–Kier alpha value is -14.4. The molecule has 146 heavy (non-hydrogen) atoms. The van der Waals surface area contributed by atoms with Crippen LogP contribution >= 0.6 is 0 Å². The van der Waals surface area contributed by atoms with E-state index in [0.717, 1.165) is 0 Å². The van der Waals surface area contributed by atoms with Crippen LogP contribution in [0.3, 0.4) is 0 Å². The third kappa shape index (κ3) is 41.4. The molecule has 5 saturated heterocycles. The van der Waals surface area contributed by atoms with Crippen LogP contribution in [-0.4, -0.2) is 365 Å². The van der Waals surface area contributed by atoms with Crippen molar-refractivity contribution in [3.8, 4) is 0 Å². The minimum absolute atomic E-state index is 0.00323. The number of carboxylic acids is 1. The Morgan fingerprint density at radius 1 is 0.295 bits per heavy atom. The van der Waals surface area contributed by atoms with E-state index >= 15 is 19.2 Å². The van der Waals surface area contributed by atoms with Crippen LogP contribution < -0.4 is 147 Å². The summed E-state index contributed by atoms with van der Waals surface area (Å²) in [5.74, 6) is -17.3. The van der Waals surface area contributed by atoms with Crippen molar-refractivity contribution in [2.75, 3.05) is 91.7 Å². The van der Waals surface area contributed by atoms with E-state index < -0.39 is 222 Å². The Morgan fingerprint density at radius 3 is 0.781 bits per heavy atom. The Morgan fingerprint density at radius 2 is 0.514 bits per heavy atom. The summed E-state index contributed by atoms with van der Waals surface area (Å²) in [5, 5.41) is 130. The van der Waals surface area contributed by atoms with Crippen LogP contribution in [-0.2, 0) is 76.7 Å². The molecule has 5 aliphatic rings. The summed E-state index contributed by atoms with van der Waals surface area (Å²) in [7, 11) is 0. The molecule has 0 saturated carbocycles. The lowest BCUT2D eigenvalue weighted by Gasteiger charge is -2.33. The second kappa shape index (κ2) is 63.0. The van der Waals surface area contributed by atoms with Gasteiger partial charge in [0.2, 0.25) is 88.6 Å². The summed E-state index contributed by atoms with van der Waals surface area (Å²) in [6.45, 7) is 6.54. The lowest BCUT2D eigenvalue weighted by molar-refractivity contribution is -0.146. The molecule has 17 atom stereocenters. The van der Waals surface area contributed by atoms with Crippen molar-refractivity contribution in [2.24, 2.45) is 63.4 Å². The van der Waals surface area contributed by atoms with Gasteiger partial charge < -0.3 is 182 Å². The number of aliphatic hydroxyl groups excluding tert-OH is 1. The second-order valence-electron chi connectivity index (χ2n) is 37.5. The topological polar surface area (TPSA) is 971 Å². The molecule has 58 heteroatoms. The number of carbonyl (C=O) groups excluding carboxylic acids is 15. The third-order valence-electron chi connectivity index (χ3n) is 25.7. The van der Waals surface area contributed by atoms with Gasteiger partial charge in [0.25, 0.3) is 0 Å². The summed E-state index contributed by atoms with van der Waals surface area (Å²) in [4.78, 5) is 239. The van der Waals surface area contributed by atoms with E-state index in [0.29, 0.717) is 19.3 Å². The van der Waals surface area contributed by atoms with E-state index in [4.69, 9.17) is 94.9 Å². The maximum absolute atomic E-state index is 15.2. The van der Waals surface area contributed by atoms with Crippen LogP contribution in [0.5, 0.6) is 0 Å². The highest BCUT2D eigenvalue weighted by Crippen LogP contribution is 2.29. The number of rotatable bonds is 63. The minimum atomic E-state index is -1.83. The highest BCUT2D eigenvalue weighted by molar-refractivity contribution is 6.02. The monoisotopic (exact) mass is 2070 g/mol. The third-order valence-corrected chi connectivity index (χ3v) is 25.7. The molecule has 15 amide bonds. The Kier molecular flexibility index (Phi) is 52.7. The zero-order valence-corrected chi connectivity index (χ0v) is 83.9. The van der Waals surface area contributed by atoms with Gasteiger partial charge in [-0.15, -0.1) is 0 Å². The predicted octanol–water partition coefficient (Wildman–Crippen LogP) is -10.6. The molecule has 0 aromatic carbocycles. The minimum Gasteiger partial charge on any atom is -0.480 e. The molecule has 46 N–H and O–H groups in total. The van der Waals surface area contributed by atoms with Gasteiger partial charge in [0.1, 0.15) is 90.6 Å². The quantitative estimate of drug-likeness (QED) is 0.0153. The number of nitrogens with one attached hydrogen (secondary N) is 26. The number of hydrogen-bond donors (Lipinski definition) is 37. The number of carbonyl (C=O) groups is 16. The van der Waals surface area contributed by atoms with Gasteiger partial charge in [-0.2, -0.15) is 0 Å². The first-order valence-corrected chi connectivity index (χ1v) is 50.0. The molecule has 58 nitrogen and oxygen atoms in total. The lowest BCUT2D eigenvalue weighted by Crippen LogP contribution is -2.61. The molecule has 5 heterocycles. The van der Waals surface area contributed by atoms with Crippen molar-refractivity contribution in [1.29, 1.82) is 43.3 Å². The SMILES string of the molecule is CC[C@H](C)[C@H](NC(=O)[C@H](CCCNC(=N)N)NC(=O)[C@@H](N)CCCNC(=N)N)C(=O)N[C@@H](CCCNC(=N)N)C(=O)N1CCC[C@H]1C(=O)N[C@@H](CCCNC(=N)N)C(=O)N1CCC[C@H]1C(=O)N[C@@H](CO)C(=O)N[C@@H](CCCNC(=N)N)C(=O)N[C@@H](CC(C)C)C(=O)N1CCC[C@H]1C(=O)N[C@@H](CCCNC(=N)N)C(=O)N1CCC[C@H]1C(=O)N[C@@H](CCCNC(=N)N)C(=O)N1CCC[C@H]1C(=O)N[C@@H](CCCNC(=N)N)C(=O)O. The molecule has 0 radical (unpaired) electrons. The molecule has 0 unspecified atom stereocenters. The Bertz CT molecular complexity index is 4510. The standard InChI is InChI=1S/C88H160N40O18/c1-5-48(4)64(123-67(132)51(21-8-34-108-83(94)95)114-65(130)49(89)19-6-32-106-81(90)91)74(139)119-55(25-12-38-112-87(102)103)78(143)125-41-15-28-60(125)70(135)117-54(24-11-37-111-86(100)101)77(142)127-43-17-31-63(127)73(138)122-58(46-129)68(133)115-50(20-7-33-107-82(92)93)66(131)121-57(45-47(2)3)79(144)128-44-18-29-61(128)71(136)118-52(22-9-35-109-84(96)97)75(140)124-40-14-27-59(124)69(134)116-53(23-10-36-110-85(98)99)76(141)126-42-16-30-62(126)72(137)120-56(80(145)146)26-13-39-113-88(104)105/h47-64,129H,5-46,89H2,1-4H3,(H,114,130)(H,115,133)(H,116,134)(H,117,135)(H,118,136)(H,119,139)(H,120,137)(H,121,131)(H,122,138)(H,123,132)(H,145,146)(H4,90,91,106)(H4,92,93,107)(H4,94,95,108)(H4,96,97,109)(H4,98,99,110)(H4,100,101,111)(H4,102,103,112)(H4,104,105,113)/t48-,49-,50-,51-,52-,53-,54-,55-,56-,57-,58-,59-,60-,61-,62-,63-,64-/m0/s1. The molecule has 0 bridgehead atoms. The number of amides is 15. The summed E-state index contributed by atoms with van der Waals surface area (Å²) < 4.78 is 0. The molecule has 0 aromatic heterocycles. The number of likely N-dealkylation sites (tertiary alicyclic amines) is 5. The van der Waals surface area contributed by atoms with E-state index in [1.807, 2.05) is 0 Å². The van der Waals surface area contributed by atoms with E-state index in [2.05, 4.69) is 95.7 Å². The van der Waals surface area contributed by atoms with Crippen LogP contribution in [0.4, 0.5) is 0 Å². The van der Waals surface area contributed by atoms with Crippen molar-refractivity contribution in [3.05, 3.63) is 0 Å². The maximum Gasteiger partial charge on any atom is 0.326 e. The fourth-order valence-electron chi connectivity index (χ4n) is 18.0. The van der Waals surface area contributed by atoms with Crippen LogP contribution in [0.1, 0.15) is 207 Å². The summed E-state index contributed by atoms with van der Waals surface area (Å²) in [6, 6.07) is -21.7. The molecule has 820 valence electrons.